The van der Waals surface area contributed by atoms with Crippen LogP contribution in [0.1, 0.15) is 0 Å². The van der Waals surface area contributed by atoms with Crippen LogP contribution in [-0.2, 0) is 4.94 Å². The number of hydroxylamine groups is 3. The van der Waals surface area contributed by atoms with Crippen molar-refractivity contribution in [2.24, 2.45) is 5.73 Å². The first-order valence-corrected chi connectivity index (χ1v) is 3.96. The molecule has 0 bridgehead atoms. The maximum atomic E-state index is 12.8. The van der Waals surface area contributed by atoms with Crippen LogP contribution in [0.5, 0.6) is 0 Å². The van der Waals surface area contributed by atoms with Gasteiger partial charge in [-0.05, 0) is 12.1 Å². The number of nitrogens with zero attached hydrogens (tertiary/aromatic N) is 2. The minimum Gasteiger partial charge on any atom is -0.380 e. The van der Waals surface area contributed by atoms with Gasteiger partial charge in [-0.25, -0.2) is 8.78 Å². The van der Waals surface area contributed by atoms with E-state index >= 15 is 0 Å². The summed E-state index contributed by atoms with van der Waals surface area (Å²) in [6.45, 7) is 0. The Kier molecular flexibility index (Phi) is 2.18. The molecule has 1 aromatic carbocycles. The fraction of sp³-hybridized carbons (Fsp3) is 0. The fourth-order valence-electron chi connectivity index (χ4n) is 1.07. The smallest absolute Gasteiger partial charge is 0.176 e. The maximum Gasteiger partial charge on any atom is 0.176 e. The molecule has 0 saturated carbocycles. The predicted octanol–water partition coefficient (Wildman–Crippen LogP) is 1.08. The zero-order chi connectivity index (χ0) is 11.0. The monoisotopic (exact) mass is 215 g/mol. The summed E-state index contributed by atoms with van der Waals surface area (Å²) in [6, 6.07) is 3.14. The molecule has 0 spiro atoms. The van der Waals surface area contributed by atoms with E-state index in [1.807, 2.05) is 0 Å². The van der Waals surface area contributed by atoms with Gasteiger partial charge in [0.2, 0.25) is 0 Å². The van der Waals surface area contributed by atoms with Gasteiger partial charge in [0, 0.05) is 6.07 Å². The van der Waals surface area contributed by atoms with Gasteiger partial charge in [-0.3, -0.25) is 5.21 Å². The van der Waals surface area contributed by atoms with Crippen LogP contribution in [0.3, 0.4) is 0 Å². The third-order valence-electron chi connectivity index (χ3n) is 1.79. The highest BCUT2D eigenvalue weighted by Gasteiger charge is 2.20. The number of halogens is 2. The lowest BCUT2D eigenvalue weighted by atomic mass is 10.3. The minimum atomic E-state index is -1.01. The second kappa shape index (κ2) is 3.37. The van der Waals surface area contributed by atoms with E-state index in [2.05, 4.69) is 4.94 Å². The predicted molar refractivity (Wildman–Crippen MR) is 45.8 cm³/mol. The molecule has 15 heavy (non-hydrogen) atoms. The molecule has 2 rings (SSSR count). The van der Waals surface area contributed by atoms with E-state index in [0.717, 1.165) is 17.2 Å². The molecule has 1 aliphatic rings. The zero-order valence-electron chi connectivity index (χ0n) is 7.39. The molecule has 0 saturated heterocycles. The summed E-state index contributed by atoms with van der Waals surface area (Å²) < 4.78 is 25.4. The molecule has 1 aromatic rings. The normalized spacial score (nSPS) is 15.8. The Bertz CT molecular complexity index is 424. The average molecular weight is 215 g/mol. The number of anilines is 1. The molecule has 0 fully saturated rings. The number of hydrogen-bond acceptors (Lipinski definition) is 5. The molecule has 3 N–H and O–H groups in total. The van der Waals surface area contributed by atoms with Crippen LogP contribution >= 0.6 is 0 Å². The molecule has 1 heterocycles. The number of hydrogen-bond donors (Lipinski definition) is 2. The first kappa shape index (κ1) is 9.69. The van der Waals surface area contributed by atoms with Crippen molar-refractivity contribution in [1.82, 2.24) is 5.23 Å². The third kappa shape index (κ3) is 1.69. The summed E-state index contributed by atoms with van der Waals surface area (Å²) >= 11 is 0. The molecule has 0 radical (unpaired) electrons. The number of rotatable bonds is 1. The molecular formula is C8H7F2N3O2. The summed E-state index contributed by atoms with van der Waals surface area (Å²) in [5.41, 5.74) is 5.48. The topological polar surface area (TPSA) is 62.0 Å². The summed E-state index contributed by atoms with van der Waals surface area (Å²) in [5, 5.41) is 10.3. The van der Waals surface area contributed by atoms with Crippen LogP contribution < -0.4 is 10.8 Å². The Morgan fingerprint density at radius 1 is 1.27 bits per heavy atom. The first-order chi connectivity index (χ1) is 7.08. The fourth-order valence-corrected chi connectivity index (χ4v) is 1.07. The summed E-state index contributed by atoms with van der Waals surface area (Å²) in [7, 11) is 0. The molecule has 1 aliphatic heterocycles. The van der Waals surface area contributed by atoms with Crippen molar-refractivity contribution in [3.05, 3.63) is 41.9 Å². The Morgan fingerprint density at radius 2 is 2.00 bits per heavy atom. The van der Waals surface area contributed by atoms with Gasteiger partial charge in [0.15, 0.2) is 17.5 Å². The molecule has 0 aliphatic carbocycles. The molecular weight excluding hydrogens is 208 g/mol. The maximum absolute atomic E-state index is 12.8. The van der Waals surface area contributed by atoms with Gasteiger partial charge in [0.05, 0.1) is 11.9 Å². The largest absolute Gasteiger partial charge is 0.380 e. The molecule has 0 aromatic heterocycles. The van der Waals surface area contributed by atoms with E-state index in [1.165, 1.54) is 12.3 Å². The molecule has 0 amide bonds. The standard InChI is InChI=1S/C8H7F2N3O2/c9-6-2-1-5(3-7(6)10)12-4-8(11)13(14)15-12/h1-4,14H,11H2. The highest BCUT2D eigenvalue weighted by atomic mass is 19.2. The van der Waals surface area contributed by atoms with Crippen LogP contribution in [0.2, 0.25) is 0 Å². The quantitative estimate of drug-likeness (QED) is 0.734. The molecule has 5 nitrogen and oxygen atoms in total. The highest BCUT2D eigenvalue weighted by molar-refractivity contribution is 5.47. The van der Waals surface area contributed by atoms with Gasteiger partial charge >= 0.3 is 0 Å². The second-order valence-corrected chi connectivity index (χ2v) is 2.83. The van der Waals surface area contributed by atoms with Crippen molar-refractivity contribution >= 4 is 5.69 Å². The lowest BCUT2D eigenvalue weighted by Crippen LogP contribution is -2.22. The van der Waals surface area contributed by atoms with Crippen molar-refractivity contribution in [3.63, 3.8) is 0 Å². The van der Waals surface area contributed by atoms with Crippen LogP contribution in [-0.4, -0.2) is 10.4 Å². The van der Waals surface area contributed by atoms with Crippen molar-refractivity contribution in [1.29, 1.82) is 0 Å². The molecule has 7 heteroatoms. The lowest BCUT2D eigenvalue weighted by Gasteiger charge is -2.15. The van der Waals surface area contributed by atoms with Gasteiger partial charge in [-0.2, -0.15) is 5.06 Å². The molecule has 80 valence electrons. The zero-order valence-corrected chi connectivity index (χ0v) is 7.39. The van der Waals surface area contributed by atoms with Crippen molar-refractivity contribution in [3.8, 4) is 0 Å². The lowest BCUT2D eigenvalue weighted by molar-refractivity contribution is -0.304. The highest BCUT2D eigenvalue weighted by Crippen LogP contribution is 2.23. The van der Waals surface area contributed by atoms with E-state index in [9.17, 15) is 8.78 Å². The van der Waals surface area contributed by atoms with E-state index in [1.54, 1.807) is 0 Å². The van der Waals surface area contributed by atoms with Crippen LogP contribution in [0.4, 0.5) is 14.5 Å². The molecule has 0 unspecified atom stereocenters. The van der Waals surface area contributed by atoms with Crippen LogP contribution in [0.15, 0.2) is 30.2 Å². The van der Waals surface area contributed by atoms with Gasteiger partial charge < -0.3 is 5.73 Å². The van der Waals surface area contributed by atoms with Crippen molar-refractivity contribution in [2.45, 2.75) is 0 Å². The SMILES string of the molecule is NC1=CN(c2ccc(F)c(F)c2)ON1O. The summed E-state index contributed by atoms with van der Waals surface area (Å²) in [6.07, 6.45) is 1.21. The van der Waals surface area contributed by atoms with Gasteiger partial charge in [0.1, 0.15) is 0 Å². The summed E-state index contributed by atoms with van der Waals surface area (Å²) in [4.78, 5) is 4.67. The van der Waals surface area contributed by atoms with E-state index in [0.29, 0.717) is 5.23 Å². The van der Waals surface area contributed by atoms with Crippen LogP contribution in [0, 0.1) is 11.6 Å². The first-order valence-electron chi connectivity index (χ1n) is 3.96. The van der Waals surface area contributed by atoms with Gasteiger partial charge in [-0.1, -0.05) is 5.23 Å². The Morgan fingerprint density at radius 3 is 2.53 bits per heavy atom. The number of benzene rings is 1. The summed E-state index contributed by atoms with van der Waals surface area (Å²) in [5.74, 6) is -2.05. The van der Waals surface area contributed by atoms with E-state index in [4.69, 9.17) is 10.9 Å². The van der Waals surface area contributed by atoms with E-state index in [-0.39, 0.29) is 11.5 Å². The average Bonchev–Trinajstić information content (AvgIpc) is 2.52. The third-order valence-corrected chi connectivity index (χ3v) is 1.79. The van der Waals surface area contributed by atoms with Gasteiger partial charge in [-0.15, -0.1) is 4.94 Å². The molecule has 0 atom stereocenters. The Balaban J connectivity index is 2.28. The Labute approximate surface area is 83.4 Å². The minimum absolute atomic E-state index is 0.0697. The van der Waals surface area contributed by atoms with Crippen molar-refractivity contribution in [2.75, 3.05) is 5.06 Å². The van der Waals surface area contributed by atoms with E-state index < -0.39 is 11.6 Å². The second-order valence-electron chi connectivity index (χ2n) is 2.83. The van der Waals surface area contributed by atoms with Gasteiger partial charge in [0.25, 0.3) is 0 Å². The number of nitrogens with two attached hydrogens (primary N) is 1. The van der Waals surface area contributed by atoms with Crippen LogP contribution in [0.25, 0.3) is 0 Å². The Hall–Kier alpha value is -1.86. The van der Waals surface area contributed by atoms with Crippen molar-refractivity contribution < 1.29 is 18.9 Å².